The van der Waals surface area contributed by atoms with Crippen LogP contribution in [0.1, 0.15) is 23.2 Å². The fourth-order valence-corrected chi connectivity index (χ4v) is 2.19. The van der Waals surface area contributed by atoms with Crippen molar-refractivity contribution in [1.82, 2.24) is 0 Å². The van der Waals surface area contributed by atoms with E-state index in [9.17, 15) is 20.0 Å². The number of hydrogen-bond acceptors (Lipinski definition) is 5. The van der Waals surface area contributed by atoms with E-state index in [-0.39, 0.29) is 17.4 Å². The highest BCUT2D eigenvalue weighted by atomic mass is 16.6. The summed E-state index contributed by atoms with van der Waals surface area (Å²) in [5, 5.41) is 20.3. The van der Waals surface area contributed by atoms with Gasteiger partial charge in [0.1, 0.15) is 0 Å². The molecule has 1 N–H and O–H groups in total. The molecule has 0 saturated carbocycles. The number of carbonyl (C=O) groups is 1. The zero-order valence-corrected chi connectivity index (χ0v) is 9.78. The first-order chi connectivity index (χ1) is 8.61. The average molecular weight is 250 g/mol. The van der Waals surface area contributed by atoms with Gasteiger partial charge in [0.25, 0.3) is 5.69 Å². The summed E-state index contributed by atoms with van der Waals surface area (Å²) < 4.78 is 0. The predicted octanol–water partition coefficient (Wildman–Crippen LogP) is 1.37. The van der Waals surface area contributed by atoms with E-state index in [1.165, 1.54) is 12.1 Å². The van der Waals surface area contributed by atoms with Gasteiger partial charge in [0.2, 0.25) is 0 Å². The van der Waals surface area contributed by atoms with Crippen LogP contribution in [0.5, 0.6) is 0 Å². The van der Waals surface area contributed by atoms with Crippen molar-refractivity contribution in [3.8, 4) is 0 Å². The summed E-state index contributed by atoms with van der Waals surface area (Å²) >= 11 is 0. The van der Waals surface area contributed by atoms with Gasteiger partial charge in [0.05, 0.1) is 16.6 Å². The van der Waals surface area contributed by atoms with Crippen molar-refractivity contribution in [2.24, 2.45) is 0 Å². The maximum Gasteiger partial charge on any atom is 0.280 e. The van der Waals surface area contributed by atoms with Gasteiger partial charge in [-0.05, 0) is 25.0 Å². The molecule has 6 heteroatoms. The lowest BCUT2D eigenvalue weighted by atomic mass is 10.1. The second-order valence-electron chi connectivity index (χ2n) is 4.36. The SMILES string of the molecule is O=Cc1cc(N2CCCC(O)C2)ccc1[N+](=O)[O-]. The fourth-order valence-electron chi connectivity index (χ4n) is 2.19. The molecular formula is C12H14N2O4. The molecular weight excluding hydrogens is 236 g/mol. The Labute approximate surface area is 104 Å². The number of aliphatic hydroxyl groups excluding tert-OH is 1. The van der Waals surface area contributed by atoms with Crippen molar-refractivity contribution in [2.45, 2.75) is 18.9 Å². The number of nitro groups is 1. The quantitative estimate of drug-likeness (QED) is 0.497. The molecule has 1 fully saturated rings. The van der Waals surface area contributed by atoms with Gasteiger partial charge in [-0.1, -0.05) is 0 Å². The average Bonchev–Trinajstić information content (AvgIpc) is 2.37. The van der Waals surface area contributed by atoms with E-state index in [4.69, 9.17) is 0 Å². The Morgan fingerprint density at radius 1 is 1.50 bits per heavy atom. The van der Waals surface area contributed by atoms with Crippen LogP contribution in [0.25, 0.3) is 0 Å². The largest absolute Gasteiger partial charge is 0.391 e. The molecule has 1 aliphatic heterocycles. The molecule has 0 bridgehead atoms. The Kier molecular flexibility index (Phi) is 3.57. The van der Waals surface area contributed by atoms with Gasteiger partial charge in [-0.15, -0.1) is 0 Å². The minimum absolute atomic E-state index is 0.0672. The third-order valence-corrected chi connectivity index (χ3v) is 3.10. The number of aliphatic hydroxyl groups is 1. The summed E-state index contributed by atoms with van der Waals surface area (Å²) in [5.41, 5.74) is 0.616. The van der Waals surface area contributed by atoms with Crippen LogP contribution in [0, 0.1) is 10.1 Å². The number of hydrogen-bond donors (Lipinski definition) is 1. The zero-order valence-electron chi connectivity index (χ0n) is 9.78. The molecule has 1 saturated heterocycles. The Balaban J connectivity index is 2.29. The van der Waals surface area contributed by atoms with E-state index < -0.39 is 4.92 Å². The normalized spacial score (nSPS) is 19.6. The van der Waals surface area contributed by atoms with E-state index in [1.807, 2.05) is 4.90 Å². The number of piperidine rings is 1. The predicted molar refractivity (Wildman–Crippen MR) is 65.9 cm³/mol. The van der Waals surface area contributed by atoms with E-state index in [0.717, 1.165) is 25.1 Å². The van der Waals surface area contributed by atoms with Gasteiger partial charge >= 0.3 is 0 Å². The number of nitro benzene ring substituents is 1. The summed E-state index contributed by atoms with van der Waals surface area (Å²) in [6.45, 7) is 1.28. The molecule has 1 aromatic carbocycles. The molecule has 1 unspecified atom stereocenters. The molecule has 18 heavy (non-hydrogen) atoms. The van der Waals surface area contributed by atoms with Crippen molar-refractivity contribution in [1.29, 1.82) is 0 Å². The molecule has 1 aliphatic rings. The molecule has 0 spiro atoms. The number of aldehydes is 1. The highest BCUT2D eigenvalue weighted by Gasteiger charge is 2.20. The molecule has 0 aromatic heterocycles. The van der Waals surface area contributed by atoms with Crippen LogP contribution in [0.15, 0.2) is 18.2 Å². The molecule has 1 heterocycles. The van der Waals surface area contributed by atoms with Crippen LogP contribution >= 0.6 is 0 Å². The molecule has 96 valence electrons. The molecule has 2 rings (SSSR count). The van der Waals surface area contributed by atoms with Crippen LogP contribution in [0.2, 0.25) is 0 Å². The molecule has 1 atom stereocenters. The summed E-state index contributed by atoms with van der Waals surface area (Å²) in [6, 6.07) is 4.45. The Morgan fingerprint density at radius 3 is 2.89 bits per heavy atom. The van der Waals surface area contributed by atoms with Gasteiger partial charge in [0.15, 0.2) is 6.29 Å². The van der Waals surface area contributed by atoms with E-state index in [2.05, 4.69) is 0 Å². The topological polar surface area (TPSA) is 83.7 Å². The van der Waals surface area contributed by atoms with Crippen molar-refractivity contribution < 1.29 is 14.8 Å². The Hall–Kier alpha value is -1.95. The number of β-amino-alcohol motifs (C(OH)–C–C–N with tert-alkyl or cyclic N) is 1. The van der Waals surface area contributed by atoms with E-state index in [1.54, 1.807) is 6.07 Å². The third kappa shape index (κ3) is 2.48. The number of benzene rings is 1. The lowest BCUT2D eigenvalue weighted by Gasteiger charge is -2.32. The standard InChI is InChI=1S/C12H14N2O4/c15-8-9-6-10(3-4-12(9)14(17)18)13-5-1-2-11(16)7-13/h3-4,6,8,11,16H,1-2,5,7H2. The number of nitrogens with zero attached hydrogens (tertiary/aromatic N) is 2. The lowest BCUT2D eigenvalue weighted by molar-refractivity contribution is -0.385. The highest BCUT2D eigenvalue weighted by Crippen LogP contribution is 2.26. The summed E-state index contributed by atoms with van der Waals surface area (Å²) in [6.07, 6.45) is 1.74. The Morgan fingerprint density at radius 2 is 2.28 bits per heavy atom. The van der Waals surface area contributed by atoms with Crippen molar-refractivity contribution in [3.05, 3.63) is 33.9 Å². The smallest absolute Gasteiger partial charge is 0.280 e. The van der Waals surface area contributed by atoms with E-state index >= 15 is 0 Å². The van der Waals surface area contributed by atoms with Crippen LogP contribution in [0.4, 0.5) is 11.4 Å². The first-order valence-electron chi connectivity index (χ1n) is 5.78. The van der Waals surface area contributed by atoms with Gasteiger partial charge in [-0.25, -0.2) is 0 Å². The molecule has 1 aromatic rings. The van der Waals surface area contributed by atoms with Crippen LogP contribution < -0.4 is 4.90 Å². The minimum Gasteiger partial charge on any atom is -0.391 e. The summed E-state index contributed by atoms with van der Waals surface area (Å²) in [4.78, 5) is 22.9. The maximum atomic E-state index is 10.9. The lowest BCUT2D eigenvalue weighted by Crippen LogP contribution is -2.38. The Bertz CT molecular complexity index is 475. The third-order valence-electron chi connectivity index (χ3n) is 3.10. The maximum absolute atomic E-state index is 10.9. The van der Waals surface area contributed by atoms with Crippen LogP contribution in [0.3, 0.4) is 0 Å². The van der Waals surface area contributed by atoms with Crippen molar-refractivity contribution >= 4 is 17.7 Å². The van der Waals surface area contributed by atoms with Gasteiger partial charge in [-0.3, -0.25) is 14.9 Å². The molecule has 6 nitrogen and oxygen atoms in total. The van der Waals surface area contributed by atoms with Gasteiger partial charge < -0.3 is 10.0 Å². The molecule has 0 radical (unpaired) electrons. The van der Waals surface area contributed by atoms with Gasteiger partial charge in [-0.2, -0.15) is 0 Å². The first kappa shape index (κ1) is 12.5. The summed E-state index contributed by atoms with van der Waals surface area (Å²) in [5.74, 6) is 0. The number of rotatable bonds is 3. The van der Waals surface area contributed by atoms with Crippen molar-refractivity contribution in [3.63, 3.8) is 0 Å². The second kappa shape index (κ2) is 5.14. The zero-order chi connectivity index (χ0) is 13.1. The monoisotopic (exact) mass is 250 g/mol. The number of anilines is 1. The van der Waals surface area contributed by atoms with Crippen LogP contribution in [-0.4, -0.2) is 35.5 Å². The van der Waals surface area contributed by atoms with E-state index in [0.29, 0.717) is 12.8 Å². The first-order valence-corrected chi connectivity index (χ1v) is 5.78. The van der Waals surface area contributed by atoms with Gasteiger partial charge in [0, 0.05) is 24.8 Å². The van der Waals surface area contributed by atoms with Crippen molar-refractivity contribution in [2.75, 3.05) is 18.0 Å². The number of carbonyl (C=O) groups excluding carboxylic acids is 1. The summed E-state index contributed by atoms with van der Waals surface area (Å²) in [7, 11) is 0. The minimum atomic E-state index is -0.571. The molecule has 0 aliphatic carbocycles. The van der Waals surface area contributed by atoms with Crippen LogP contribution in [-0.2, 0) is 0 Å². The highest BCUT2D eigenvalue weighted by molar-refractivity contribution is 5.83. The fraction of sp³-hybridized carbons (Fsp3) is 0.417. The second-order valence-corrected chi connectivity index (χ2v) is 4.36. The molecule has 0 amide bonds.